The van der Waals surface area contributed by atoms with Crippen LogP contribution in [0.5, 0.6) is 0 Å². The molecule has 12 nitrogen and oxygen atoms in total. The predicted molar refractivity (Wildman–Crippen MR) is 136 cm³/mol. The van der Waals surface area contributed by atoms with Gasteiger partial charge in [-0.05, 0) is 0 Å². The average molecular weight is 598 g/mol. The molecule has 4 rings (SSSR count). The van der Waals surface area contributed by atoms with Gasteiger partial charge in [-0.2, -0.15) is 13.2 Å². The van der Waals surface area contributed by atoms with Gasteiger partial charge in [0.05, 0.1) is 0 Å². The zero-order chi connectivity index (χ0) is 29.0. The summed E-state index contributed by atoms with van der Waals surface area (Å²) in [4.78, 5) is 59.3. The first kappa shape index (κ1) is 28.8. The van der Waals surface area contributed by atoms with E-state index in [-0.39, 0.29) is 30.3 Å². The summed E-state index contributed by atoms with van der Waals surface area (Å²) in [6.45, 7) is 3.57. The SMILES string of the molecule is C=CCO/N=C(\C(=O)NC1C(=O)N2C(C(=O)O)=C(C[n+]3ccccc3)CS[C@H]12)c1csc(NC(=O)C(F)(F)F)n1. The van der Waals surface area contributed by atoms with Gasteiger partial charge < -0.3 is 15.3 Å². The first-order valence-corrected chi connectivity index (χ1v) is 13.2. The summed E-state index contributed by atoms with van der Waals surface area (Å²) in [5.41, 5.74) is -0.354. The Bertz CT molecular complexity index is 1410. The van der Waals surface area contributed by atoms with E-state index in [2.05, 4.69) is 22.0 Å². The topological polar surface area (TPSA) is 154 Å². The van der Waals surface area contributed by atoms with E-state index in [1.54, 1.807) is 34.4 Å². The van der Waals surface area contributed by atoms with Crippen molar-refractivity contribution in [3.8, 4) is 0 Å². The Labute approximate surface area is 232 Å². The number of carbonyl (C=O) groups excluding carboxylic acids is 3. The van der Waals surface area contributed by atoms with Gasteiger partial charge in [-0.25, -0.2) is 14.3 Å². The lowest BCUT2D eigenvalue weighted by Crippen LogP contribution is -2.71. The third kappa shape index (κ3) is 6.15. The lowest BCUT2D eigenvalue weighted by molar-refractivity contribution is -0.689. The zero-order valence-corrected chi connectivity index (χ0v) is 21.9. The Morgan fingerprint density at radius 1 is 1.30 bits per heavy atom. The van der Waals surface area contributed by atoms with E-state index in [0.717, 1.165) is 4.90 Å². The van der Waals surface area contributed by atoms with E-state index in [9.17, 15) is 37.5 Å². The molecule has 0 spiro atoms. The molecular weight excluding hydrogens is 577 g/mol. The van der Waals surface area contributed by atoms with Crippen molar-refractivity contribution < 1.29 is 46.9 Å². The van der Waals surface area contributed by atoms with Gasteiger partial charge in [-0.15, -0.1) is 23.1 Å². The van der Waals surface area contributed by atoms with E-state index in [0.29, 0.717) is 16.9 Å². The van der Waals surface area contributed by atoms with Crippen LogP contribution in [0.1, 0.15) is 5.69 Å². The van der Waals surface area contributed by atoms with Gasteiger partial charge in [-0.3, -0.25) is 24.6 Å². The van der Waals surface area contributed by atoms with Crippen LogP contribution in [-0.4, -0.2) is 74.3 Å². The number of nitrogens with one attached hydrogen (secondary N) is 2. The molecule has 1 unspecified atom stereocenters. The van der Waals surface area contributed by atoms with Crippen LogP contribution in [0.2, 0.25) is 0 Å². The van der Waals surface area contributed by atoms with Gasteiger partial charge in [0.1, 0.15) is 29.4 Å². The van der Waals surface area contributed by atoms with E-state index >= 15 is 0 Å². The van der Waals surface area contributed by atoms with Crippen LogP contribution in [0, 0.1) is 0 Å². The van der Waals surface area contributed by atoms with E-state index < -0.39 is 52.1 Å². The number of aliphatic carboxylic acids is 1. The molecule has 17 heteroatoms. The summed E-state index contributed by atoms with van der Waals surface area (Å²) in [6, 6.07) is 4.26. The Morgan fingerprint density at radius 3 is 2.67 bits per heavy atom. The number of carboxylic acids is 1. The molecule has 2 aliphatic rings. The number of rotatable bonds is 10. The second kappa shape index (κ2) is 11.9. The lowest BCUT2D eigenvalue weighted by atomic mass is 10.0. The molecule has 1 saturated heterocycles. The number of amides is 3. The largest absolute Gasteiger partial charge is 0.477 e. The number of halogens is 3. The minimum Gasteiger partial charge on any atom is -0.477 e. The highest BCUT2D eigenvalue weighted by molar-refractivity contribution is 8.00. The molecular formula is C23H20F3N6O6S2+. The number of anilines is 1. The molecule has 210 valence electrons. The van der Waals surface area contributed by atoms with Crippen LogP contribution < -0.4 is 15.2 Å². The van der Waals surface area contributed by atoms with E-state index in [1.807, 2.05) is 6.07 Å². The fourth-order valence-electron chi connectivity index (χ4n) is 3.74. The molecule has 4 heterocycles. The highest BCUT2D eigenvalue weighted by Crippen LogP contribution is 2.40. The monoisotopic (exact) mass is 597 g/mol. The summed E-state index contributed by atoms with van der Waals surface area (Å²) in [5, 5.41) is 17.6. The Kier molecular flexibility index (Phi) is 8.53. The van der Waals surface area contributed by atoms with E-state index in [1.165, 1.54) is 23.2 Å². The Hall–Kier alpha value is -4.25. The molecule has 0 aromatic carbocycles. The van der Waals surface area contributed by atoms with Crippen LogP contribution in [-0.2, 0) is 30.6 Å². The summed E-state index contributed by atoms with van der Waals surface area (Å²) in [7, 11) is 0. The van der Waals surface area contributed by atoms with Crippen molar-refractivity contribution in [1.82, 2.24) is 15.2 Å². The first-order chi connectivity index (χ1) is 19.0. The van der Waals surface area contributed by atoms with Crippen molar-refractivity contribution >= 4 is 57.6 Å². The standard InChI is InChI=1S/C23H19F3N6O6S2/c1-2-8-38-30-14(13-11-40-22(27-13)29-21(37)23(24,25)26)17(33)28-15-18(34)32-16(20(35)36)12(10-39-19(15)32)9-31-6-4-3-5-7-31/h2-7,11,15,19H,1,8-10H2,(H2-,27,28,29,33,35,36,37)/p+1/b30-14-/t15?,19-/m1/s1. The smallest absolute Gasteiger partial charge is 0.471 e. The number of β-lactam (4-membered cyclic amide) rings is 1. The van der Waals surface area contributed by atoms with Gasteiger partial charge in [-0.1, -0.05) is 23.9 Å². The van der Waals surface area contributed by atoms with Crippen LogP contribution in [0.3, 0.4) is 0 Å². The van der Waals surface area contributed by atoms with Crippen molar-refractivity contribution in [1.29, 1.82) is 0 Å². The fourth-order valence-corrected chi connectivity index (χ4v) is 5.77. The molecule has 2 aliphatic heterocycles. The molecule has 40 heavy (non-hydrogen) atoms. The second-order valence-electron chi connectivity index (χ2n) is 8.18. The van der Waals surface area contributed by atoms with Gasteiger partial charge >= 0.3 is 18.1 Å². The number of pyridine rings is 1. The van der Waals surface area contributed by atoms with Crippen molar-refractivity contribution in [2.24, 2.45) is 5.16 Å². The quantitative estimate of drug-likeness (QED) is 0.0925. The number of thiazole rings is 1. The summed E-state index contributed by atoms with van der Waals surface area (Å²) in [5.74, 6) is -4.87. The first-order valence-electron chi connectivity index (χ1n) is 11.3. The van der Waals surface area contributed by atoms with Gasteiger partial charge in [0.15, 0.2) is 29.8 Å². The molecule has 3 N–H and O–H groups in total. The third-order valence-corrected chi connectivity index (χ3v) is 7.57. The van der Waals surface area contributed by atoms with Gasteiger partial charge in [0, 0.05) is 28.8 Å². The molecule has 2 atom stereocenters. The number of thioether (sulfide) groups is 1. The molecule has 2 aromatic heterocycles. The number of aromatic nitrogens is 2. The van der Waals surface area contributed by atoms with Gasteiger partial charge in [0.2, 0.25) is 0 Å². The van der Waals surface area contributed by atoms with Crippen molar-refractivity contribution in [2.75, 3.05) is 17.7 Å². The van der Waals surface area contributed by atoms with Crippen molar-refractivity contribution in [2.45, 2.75) is 24.1 Å². The number of oxime groups is 1. The Balaban J connectivity index is 1.51. The molecule has 0 radical (unpaired) electrons. The normalized spacial score (nSPS) is 18.9. The number of alkyl halides is 3. The minimum absolute atomic E-state index is 0.123. The highest BCUT2D eigenvalue weighted by Gasteiger charge is 2.55. The third-order valence-electron chi connectivity index (χ3n) is 5.48. The summed E-state index contributed by atoms with van der Waals surface area (Å²) < 4.78 is 39.5. The molecule has 2 aromatic rings. The van der Waals surface area contributed by atoms with Crippen molar-refractivity contribution in [3.63, 3.8) is 0 Å². The number of hydrogen-bond donors (Lipinski definition) is 3. The molecule has 0 aliphatic carbocycles. The number of carboxylic acid groups (broad SMARTS) is 1. The van der Waals surface area contributed by atoms with E-state index in [4.69, 9.17) is 4.84 Å². The number of fused-ring (bicyclic) bond motifs is 1. The van der Waals surface area contributed by atoms with Crippen molar-refractivity contribution in [3.05, 3.63) is 65.6 Å². The summed E-state index contributed by atoms with van der Waals surface area (Å²) in [6.07, 6.45) is -0.299. The maximum absolute atomic E-state index is 13.1. The molecule has 0 saturated carbocycles. The van der Waals surface area contributed by atoms with Crippen LogP contribution in [0.15, 0.2) is 65.1 Å². The van der Waals surface area contributed by atoms with Crippen LogP contribution in [0.4, 0.5) is 18.3 Å². The zero-order valence-electron chi connectivity index (χ0n) is 20.3. The maximum atomic E-state index is 13.1. The highest BCUT2D eigenvalue weighted by atomic mass is 32.2. The maximum Gasteiger partial charge on any atom is 0.471 e. The average Bonchev–Trinajstić information content (AvgIpc) is 3.37. The molecule has 1 fully saturated rings. The van der Waals surface area contributed by atoms with Crippen LogP contribution in [0.25, 0.3) is 0 Å². The number of carbonyl (C=O) groups is 4. The van der Waals surface area contributed by atoms with Crippen LogP contribution >= 0.6 is 23.1 Å². The summed E-state index contributed by atoms with van der Waals surface area (Å²) >= 11 is 1.87. The van der Waals surface area contributed by atoms with Gasteiger partial charge in [0.25, 0.3) is 11.8 Å². The Morgan fingerprint density at radius 2 is 2.02 bits per heavy atom. The second-order valence-corrected chi connectivity index (χ2v) is 10.1. The molecule has 0 bridgehead atoms. The molecule has 3 amide bonds. The fraction of sp³-hybridized carbons (Fsp3) is 0.261. The lowest BCUT2D eigenvalue weighted by Gasteiger charge is -2.49. The predicted octanol–water partition coefficient (Wildman–Crippen LogP) is 1.28. The minimum atomic E-state index is -5.15. The number of hydrogen-bond acceptors (Lipinski definition) is 9. The number of nitrogens with zero attached hydrogens (tertiary/aromatic N) is 4.